The van der Waals surface area contributed by atoms with Gasteiger partial charge < -0.3 is 24.4 Å². The van der Waals surface area contributed by atoms with Crippen molar-refractivity contribution in [1.82, 2.24) is 24.1 Å². The van der Waals surface area contributed by atoms with E-state index in [0.717, 1.165) is 43.0 Å². The Morgan fingerprint density at radius 1 is 1.11 bits per heavy atom. The van der Waals surface area contributed by atoms with E-state index in [1.54, 1.807) is 30.2 Å². The average molecular weight is 676 g/mol. The van der Waals surface area contributed by atoms with Crippen LogP contribution in [0.5, 0.6) is 0 Å². The number of benzene rings is 1. The summed E-state index contributed by atoms with van der Waals surface area (Å²) in [6, 6.07) is 2.71. The molecule has 15 heteroatoms. The monoisotopic (exact) mass is 675 g/mol. The summed E-state index contributed by atoms with van der Waals surface area (Å²) in [6.45, 7) is 8.27. The van der Waals surface area contributed by atoms with Gasteiger partial charge in [-0.25, -0.2) is 4.79 Å². The molecule has 1 saturated carbocycles. The lowest BCUT2D eigenvalue weighted by atomic mass is 9.58. The summed E-state index contributed by atoms with van der Waals surface area (Å²) in [4.78, 5) is 48.4. The van der Waals surface area contributed by atoms with E-state index in [1.165, 1.54) is 10.9 Å². The summed E-state index contributed by atoms with van der Waals surface area (Å²) in [7, 11) is 0. The lowest BCUT2D eigenvalue weighted by molar-refractivity contribution is -0.137. The van der Waals surface area contributed by atoms with Gasteiger partial charge in [0.1, 0.15) is 17.8 Å². The Kier molecular flexibility index (Phi) is 8.30. The van der Waals surface area contributed by atoms with E-state index in [0.29, 0.717) is 49.8 Å². The van der Waals surface area contributed by atoms with Gasteiger partial charge in [0, 0.05) is 26.2 Å². The molecule has 2 amide bonds. The van der Waals surface area contributed by atoms with Crippen molar-refractivity contribution in [2.45, 2.75) is 78.1 Å². The Bertz CT molecular complexity index is 1830. The number of nitrogens with one attached hydrogen (secondary N) is 1. The summed E-state index contributed by atoms with van der Waals surface area (Å²) >= 11 is 6.11. The molecule has 0 unspecified atom stereocenters. The third-order valence-corrected chi connectivity index (χ3v) is 9.25. The van der Waals surface area contributed by atoms with Crippen molar-refractivity contribution in [3.05, 3.63) is 56.7 Å². The second-order valence-corrected chi connectivity index (χ2v) is 13.9. The van der Waals surface area contributed by atoms with Crippen molar-refractivity contribution in [1.29, 1.82) is 0 Å². The third-order valence-electron chi connectivity index (χ3n) is 8.94. The fourth-order valence-corrected chi connectivity index (χ4v) is 6.67. The number of halogens is 4. The molecule has 1 spiro atoms. The number of fused-ring (bicyclic) bond motifs is 1. The van der Waals surface area contributed by atoms with Gasteiger partial charge in [-0.2, -0.15) is 22.7 Å². The molecule has 252 valence electrons. The number of hydrogen-bond donors (Lipinski definition) is 1. The highest BCUT2D eigenvalue weighted by molar-refractivity contribution is 6.33. The van der Waals surface area contributed by atoms with Crippen LogP contribution in [0, 0.1) is 5.41 Å². The average Bonchev–Trinajstić information content (AvgIpc) is 3.38. The first-order chi connectivity index (χ1) is 22.1. The molecule has 3 heterocycles. The van der Waals surface area contributed by atoms with Crippen molar-refractivity contribution in [3.63, 3.8) is 0 Å². The molecule has 47 heavy (non-hydrogen) atoms. The second kappa shape index (κ2) is 11.9. The molecule has 0 radical (unpaired) electrons. The maximum atomic E-state index is 14.1. The van der Waals surface area contributed by atoms with E-state index >= 15 is 0 Å². The molecular formula is C32H37ClF3N7O4. The number of nitrogens with zero attached hydrogens (tertiary/aromatic N) is 6. The zero-order chi connectivity index (χ0) is 33.9. The van der Waals surface area contributed by atoms with Crippen molar-refractivity contribution >= 4 is 46.3 Å². The van der Waals surface area contributed by atoms with Crippen LogP contribution in [-0.2, 0) is 28.7 Å². The van der Waals surface area contributed by atoms with Gasteiger partial charge in [0.2, 0.25) is 11.7 Å². The van der Waals surface area contributed by atoms with Gasteiger partial charge in [0.15, 0.2) is 5.82 Å². The molecule has 1 saturated heterocycles. The lowest BCUT2D eigenvalue weighted by Gasteiger charge is -2.46. The largest absolute Gasteiger partial charge is 0.444 e. The van der Waals surface area contributed by atoms with Crippen LogP contribution in [0.2, 0.25) is 5.02 Å². The standard InChI is InChI=1S/C32H37ClF3N7O4/c1-5-23-25(40-11-13-41(14-12-40)29(46)47-30(2,3)4)27(45)43-28(38-26(39-43)19-16-31(17-19)9-6-10-31)42(23)18-24(44)37-22-8-7-20(15-21(22)33)32(34,35)36/h7-8,15-16H,5-6,9-14,17-18H2,1-4H3,(H,37,44). The maximum absolute atomic E-state index is 14.1. The van der Waals surface area contributed by atoms with Crippen LogP contribution in [0.3, 0.4) is 0 Å². The summed E-state index contributed by atoms with van der Waals surface area (Å²) in [5.74, 6) is 0.0315. The van der Waals surface area contributed by atoms with Gasteiger partial charge in [-0.1, -0.05) is 31.0 Å². The number of carbonyl (C=O) groups is 2. The molecule has 2 aliphatic carbocycles. The lowest BCUT2D eigenvalue weighted by Crippen LogP contribution is -2.51. The molecule has 11 nitrogen and oxygen atoms in total. The number of alkyl halides is 3. The van der Waals surface area contributed by atoms with Crippen LogP contribution in [-0.4, -0.2) is 67.8 Å². The van der Waals surface area contributed by atoms with Crippen LogP contribution in [0.15, 0.2) is 29.1 Å². The highest BCUT2D eigenvalue weighted by Gasteiger charge is 2.43. The molecule has 1 aromatic carbocycles. The highest BCUT2D eigenvalue weighted by Crippen LogP contribution is 2.56. The number of ether oxygens (including phenoxy) is 1. The molecule has 0 bridgehead atoms. The molecule has 6 rings (SSSR count). The smallest absolute Gasteiger partial charge is 0.416 e. The van der Waals surface area contributed by atoms with E-state index in [-0.39, 0.29) is 34.0 Å². The van der Waals surface area contributed by atoms with Crippen molar-refractivity contribution in [2.75, 3.05) is 36.4 Å². The zero-order valence-electron chi connectivity index (χ0n) is 26.7. The predicted molar refractivity (Wildman–Crippen MR) is 171 cm³/mol. The molecule has 0 atom stereocenters. The van der Waals surface area contributed by atoms with E-state index < -0.39 is 29.3 Å². The Balaban J connectivity index is 1.34. The molecular weight excluding hydrogens is 639 g/mol. The van der Waals surface area contributed by atoms with Gasteiger partial charge in [0.05, 0.1) is 22.0 Å². The molecule has 1 N–H and O–H groups in total. The van der Waals surface area contributed by atoms with Crippen LogP contribution in [0.1, 0.15) is 70.5 Å². The second-order valence-electron chi connectivity index (χ2n) is 13.4. The highest BCUT2D eigenvalue weighted by atomic mass is 35.5. The zero-order valence-corrected chi connectivity index (χ0v) is 27.5. The Hall–Kier alpha value is -4.07. The SMILES string of the molecule is CCc1c(N2CCN(C(=O)OC(C)(C)C)CC2)c(=O)n2nc(C3=CC4(CCC4)C3)nc2n1CC(=O)Nc1ccc(C(F)(F)F)cc1Cl. The Morgan fingerprint density at radius 3 is 2.34 bits per heavy atom. The number of carbonyl (C=O) groups excluding carboxylic acids is 2. The normalized spacial score (nSPS) is 17.7. The number of amides is 2. The predicted octanol–water partition coefficient (Wildman–Crippen LogP) is 5.78. The topological polar surface area (TPSA) is 114 Å². The van der Waals surface area contributed by atoms with Crippen LogP contribution in [0.4, 0.5) is 29.3 Å². The van der Waals surface area contributed by atoms with Crippen molar-refractivity contribution < 1.29 is 27.5 Å². The minimum Gasteiger partial charge on any atom is -0.444 e. The summed E-state index contributed by atoms with van der Waals surface area (Å²) in [6.07, 6.45) is 1.75. The van der Waals surface area contributed by atoms with Gasteiger partial charge in [-0.15, -0.1) is 5.10 Å². The fraction of sp³-hybridized carbons (Fsp3) is 0.531. The van der Waals surface area contributed by atoms with E-state index in [1.807, 2.05) is 11.8 Å². The number of hydrogen-bond acceptors (Lipinski definition) is 7. The number of allylic oxidation sites excluding steroid dienone is 2. The minimum absolute atomic E-state index is 0.0193. The van der Waals surface area contributed by atoms with Crippen molar-refractivity contribution in [2.24, 2.45) is 5.41 Å². The Morgan fingerprint density at radius 2 is 1.79 bits per heavy atom. The molecule has 3 aliphatic rings. The minimum atomic E-state index is -4.59. The fourth-order valence-electron chi connectivity index (χ4n) is 6.45. The van der Waals surface area contributed by atoms with E-state index in [9.17, 15) is 27.6 Å². The van der Waals surface area contributed by atoms with Gasteiger partial charge in [-0.3, -0.25) is 9.59 Å². The van der Waals surface area contributed by atoms with Crippen LogP contribution >= 0.6 is 11.6 Å². The number of anilines is 2. The molecule has 1 aliphatic heterocycles. The van der Waals surface area contributed by atoms with Crippen LogP contribution < -0.4 is 15.8 Å². The van der Waals surface area contributed by atoms with Gasteiger partial charge in [0.25, 0.3) is 5.56 Å². The molecule has 2 aromatic heterocycles. The number of aromatic nitrogens is 4. The van der Waals surface area contributed by atoms with Crippen molar-refractivity contribution in [3.8, 4) is 0 Å². The number of piperazine rings is 1. The van der Waals surface area contributed by atoms with E-state index in [2.05, 4.69) is 16.5 Å². The first-order valence-corrected chi connectivity index (χ1v) is 16.1. The van der Waals surface area contributed by atoms with Gasteiger partial charge in [-0.05, 0) is 75.6 Å². The third kappa shape index (κ3) is 6.43. The quantitative estimate of drug-likeness (QED) is 0.353. The van der Waals surface area contributed by atoms with Crippen LogP contribution in [0.25, 0.3) is 11.4 Å². The van der Waals surface area contributed by atoms with E-state index in [4.69, 9.17) is 21.3 Å². The molecule has 2 fully saturated rings. The maximum Gasteiger partial charge on any atom is 0.416 e. The van der Waals surface area contributed by atoms with Gasteiger partial charge >= 0.3 is 12.3 Å². The first-order valence-electron chi connectivity index (χ1n) is 15.7. The molecule has 3 aromatic rings. The number of rotatable bonds is 6. The summed E-state index contributed by atoms with van der Waals surface area (Å²) < 4.78 is 47.9. The summed E-state index contributed by atoms with van der Waals surface area (Å²) in [5.41, 5.74) is 0.0814. The first kappa shape index (κ1) is 32.9. The Labute approximate surface area is 274 Å². The summed E-state index contributed by atoms with van der Waals surface area (Å²) in [5, 5.41) is 6.95.